The van der Waals surface area contributed by atoms with Gasteiger partial charge in [-0.1, -0.05) is 47.5 Å². The third-order valence-electron chi connectivity index (χ3n) is 5.48. The van der Waals surface area contributed by atoms with Crippen LogP contribution in [0.4, 0.5) is 10.5 Å². The fourth-order valence-electron chi connectivity index (χ4n) is 3.60. The lowest BCUT2D eigenvalue weighted by Gasteiger charge is -2.14. The smallest absolute Gasteiger partial charge is 0.293 e. The molecule has 0 saturated carbocycles. The van der Waals surface area contributed by atoms with Gasteiger partial charge in [-0.25, -0.2) is 0 Å². The number of halogens is 2. The first-order chi connectivity index (χ1) is 18.3. The van der Waals surface area contributed by atoms with Gasteiger partial charge in [0.25, 0.3) is 17.1 Å². The Morgan fingerprint density at radius 1 is 0.947 bits per heavy atom. The van der Waals surface area contributed by atoms with Gasteiger partial charge in [0.05, 0.1) is 31.4 Å². The van der Waals surface area contributed by atoms with Gasteiger partial charge in [-0.3, -0.25) is 19.3 Å². The lowest BCUT2D eigenvalue weighted by Crippen LogP contribution is -2.27. The van der Waals surface area contributed by atoms with Crippen molar-refractivity contribution in [2.24, 2.45) is 0 Å². The van der Waals surface area contributed by atoms with Crippen molar-refractivity contribution in [2.45, 2.75) is 6.54 Å². The summed E-state index contributed by atoms with van der Waals surface area (Å²) in [5.41, 5.74) is 1.63. The highest BCUT2D eigenvalue weighted by Gasteiger charge is 2.35. The standard InChI is InChI=1S/C27H22Cl2N2O6S/c1-35-21-9-4-3-8-20(21)30-25(32)15-37-22-11-10-16(12-23(22)36-2)13-24-26(33)31(27(34)38-24)14-17-18(28)6-5-7-19(17)29/h3-13H,14-15H2,1-2H3,(H,30,32)/b24-13-. The van der Waals surface area contributed by atoms with Crippen LogP contribution in [-0.4, -0.2) is 42.8 Å². The predicted molar refractivity (Wildman–Crippen MR) is 148 cm³/mol. The highest BCUT2D eigenvalue weighted by Crippen LogP contribution is 2.37. The normalized spacial score (nSPS) is 14.1. The summed E-state index contributed by atoms with van der Waals surface area (Å²) in [6.45, 7) is -0.301. The molecular formula is C27H22Cl2N2O6S. The molecule has 3 amide bonds. The molecule has 0 unspecified atom stereocenters. The van der Waals surface area contributed by atoms with Gasteiger partial charge in [-0.15, -0.1) is 0 Å². The lowest BCUT2D eigenvalue weighted by atomic mass is 10.1. The Balaban J connectivity index is 1.44. The van der Waals surface area contributed by atoms with Crippen LogP contribution >= 0.6 is 35.0 Å². The number of thioether (sulfide) groups is 1. The summed E-state index contributed by atoms with van der Waals surface area (Å²) in [7, 11) is 2.98. The molecule has 11 heteroatoms. The third-order valence-corrected chi connectivity index (χ3v) is 7.09. The van der Waals surface area contributed by atoms with Crippen LogP contribution in [-0.2, 0) is 16.1 Å². The Bertz CT molecular complexity index is 1410. The molecule has 0 radical (unpaired) electrons. The quantitative estimate of drug-likeness (QED) is 0.302. The molecule has 8 nitrogen and oxygen atoms in total. The summed E-state index contributed by atoms with van der Waals surface area (Å²) >= 11 is 13.2. The zero-order valence-corrected chi connectivity index (χ0v) is 22.7. The maximum Gasteiger partial charge on any atom is 0.293 e. The number of carbonyl (C=O) groups excluding carboxylic acids is 3. The summed E-state index contributed by atoms with van der Waals surface area (Å²) in [5, 5.41) is 3.05. The summed E-state index contributed by atoms with van der Waals surface area (Å²) < 4.78 is 16.3. The van der Waals surface area contributed by atoms with Gasteiger partial charge in [-0.05, 0) is 59.8 Å². The third kappa shape index (κ3) is 6.24. The summed E-state index contributed by atoms with van der Waals surface area (Å²) in [5.74, 6) is 0.380. The average Bonchev–Trinajstić information content (AvgIpc) is 3.17. The second kappa shape index (κ2) is 12.3. The number of imide groups is 1. The molecule has 0 atom stereocenters. The van der Waals surface area contributed by atoms with Gasteiger partial charge >= 0.3 is 0 Å². The molecule has 196 valence electrons. The van der Waals surface area contributed by atoms with Crippen molar-refractivity contribution < 1.29 is 28.6 Å². The van der Waals surface area contributed by atoms with Crippen molar-refractivity contribution in [3.8, 4) is 17.2 Å². The number of amides is 3. The molecule has 38 heavy (non-hydrogen) atoms. The molecule has 0 spiro atoms. The van der Waals surface area contributed by atoms with Crippen LogP contribution in [0, 0.1) is 0 Å². The minimum atomic E-state index is -0.455. The largest absolute Gasteiger partial charge is 0.495 e. The number of para-hydroxylation sites is 2. The molecule has 1 aliphatic rings. The van der Waals surface area contributed by atoms with E-state index in [1.807, 2.05) is 0 Å². The van der Waals surface area contributed by atoms with Crippen LogP contribution in [0.1, 0.15) is 11.1 Å². The van der Waals surface area contributed by atoms with Crippen molar-refractivity contribution in [1.29, 1.82) is 0 Å². The van der Waals surface area contributed by atoms with Gasteiger partial charge in [0.1, 0.15) is 5.75 Å². The first-order valence-corrected chi connectivity index (χ1v) is 12.8. The van der Waals surface area contributed by atoms with Gasteiger partial charge in [0.15, 0.2) is 18.1 Å². The SMILES string of the molecule is COc1ccccc1NC(=O)COc1ccc(/C=C2\SC(=O)N(Cc3c(Cl)cccc3Cl)C2=O)cc1OC. The van der Waals surface area contributed by atoms with Gasteiger partial charge in [0.2, 0.25) is 0 Å². The fraction of sp³-hybridized carbons (Fsp3) is 0.148. The van der Waals surface area contributed by atoms with Gasteiger partial charge < -0.3 is 19.5 Å². The van der Waals surface area contributed by atoms with Crippen LogP contribution < -0.4 is 19.5 Å². The topological polar surface area (TPSA) is 94.2 Å². The number of nitrogens with zero attached hydrogens (tertiary/aromatic N) is 1. The van der Waals surface area contributed by atoms with Crippen LogP contribution in [0.25, 0.3) is 6.08 Å². The van der Waals surface area contributed by atoms with Gasteiger partial charge in [0, 0.05) is 15.6 Å². The first-order valence-electron chi connectivity index (χ1n) is 11.2. The minimum absolute atomic E-state index is 0.0342. The van der Waals surface area contributed by atoms with E-state index in [2.05, 4.69) is 5.32 Å². The predicted octanol–water partition coefficient (Wildman–Crippen LogP) is 6.26. The summed E-state index contributed by atoms with van der Waals surface area (Å²) in [6, 6.07) is 17.0. The van der Waals surface area contributed by atoms with E-state index in [1.54, 1.807) is 66.7 Å². The molecule has 1 aliphatic heterocycles. The molecule has 3 aromatic carbocycles. The first kappa shape index (κ1) is 27.4. The number of hydrogen-bond acceptors (Lipinski definition) is 7. The lowest BCUT2D eigenvalue weighted by molar-refractivity contribution is -0.123. The zero-order valence-electron chi connectivity index (χ0n) is 20.3. The monoisotopic (exact) mass is 572 g/mol. The van der Waals surface area contributed by atoms with E-state index >= 15 is 0 Å². The number of carbonyl (C=O) groups is 3. The van der Waals surface area contributed by atoms with Crippen molar-refractivity contribution in [1.82, 2.24) is 4.90 Å². The Morgan fingerprint density at radius 2 is 1.66 bits per heavy atom. The number of rotatable bonds is 9. The summed E-state index contributed by atoms with van der Waals surface area (Å²) in [4.78, 5) is 39.2. The molecule has 0 aliphatic carbocycles. The number of ether oxygens (including phenoxy) is 3. The Hall–Kier alpha value is -3.66. The Labute approximate surface area is 233 Å². The Morgan fingerprint density at radius 3 is 2.37 bits per heavy atom. The van der Waals surface area contributed by atoms with Crippen LogP contribution in [0.15, 0.2) is 65.6 Å². The van der Waals surface area contributed by atoms with E-state index in [9.17, 15) is 14.4 Å². The maximum absolute atomic E-state index is 13.0. The molecule has 1 fully saturated rings. The second-order valence-electron chi connectivity index (χ2n) is 7.92. The van der Waals surface area contributed by atoms with Crippen molar-refractivity contribution in [2.75, 3.05) is 26.1 Å². The van der Waals surface area contributed by atoms with E-state index in [0.29, 0.717) is 44.1 Å². The van der Waals surface area contributed by atoms with Crippen molar-refractivity contribution >= 4 is 63.8 Å². The van der Waals surface area contributed by atoms with E-state index in [1.165, 1.54) is 14.2 Å². The van der Waals surface area contributed by atoms with Crippen LogP contribution in [0.2, 0.25) is 10.0 Å². The molecule has 1 heterocycles. The number of methoxy groups -OCH3 is 2. The molecule has 1 saturated heterocycles. The number of benzene rings is 3. The van der Waals surface area contributed by atoms with E-state index < -0.39 is 11.1 Å². The van der Waals surface area contributed by atoms with Crippen LogP contribution in [0.3, 0.4) is 0 Å². The van der Waals surface area contributed by atoms with Crippen molar-refractivity contribution in [3.05, 3.63) is 86.7 Å². The van der Waals surface area contributed by atoms with Crippen molar-refractivity contribution in [3.63, 3.8) is 0 Å². The second-order valence-corrected chi connectivity index (χ2v) is 9.72. The zero-order chi connectivity index (χ0) is 27.2. The number of nitrogens with one attached hydrogen (secondary N) is 1. The minimum Gasteiger partial charge on any atom is -0.495 e. The van der Waals surface area contributed by atoms with E-state index in [-0.39, 0.29) is 24.0 Å². The average molecular weight is 573 g/mol. The van der Waals surface area contributed by atoms with Crippen LogP contribution in [0.5, 0.6) is 17.2 Å². The van der Waals surface area contributed by atoms with E-state index in [4.69, 9.17) is 37.4 Å². The highest BCUT2D eigenvalue weighted by molar-refractivity contribution is 8.18. The van der Waals surface area contributed by atoms with Gasteiger partial charge in [-0.2, -0.15) is 0 Å². The molecule has 0 bridgehead atoms. The highest BCUT2D eigenvalue weighted by atomic mass is 35.5. The maximum atomic E-state index is 13.0. The molecular weight excluding hydrogens is 551 g/mol. The molecule has 3 aromatic rings. The van der Waals surface area contributed by atoms with E-state index in [0.717, 1.165) is 16.7 Å². The molecule has 1 N–H and O–H groups in total. The fourth-order valence-corrected chi connectivity index (χ4v) is 4.96. The summed E-state index contributed by atoms with van der Waals surface area (Å²) in [6.07, 6.45) is 1.58. The number of hydrogen-bond donors (Lipinski definition) is 1. The molecule has 4 rings (SSSR count). The Kier molecular flexibility index (Phi) is 8.83. The molecule has 0 aromatic heterocycles. The number of anilines is 1.